The highest BCUT2D eigenvalue weighted by molar-refractivity contribution is 7.87. The quantitative estimate of drug-likeness (QED) is 0.715. The van der Waals surface area contributed by atoms with Crippen molar-refractivity contribution in [1.29, 1.82) is 0 Å². The van der Waals surface area contributed by atoms with E-state index in [0.717, 1.165) is 50.0 Å². The molecule has 0 unspecified atom stereocenters. The van der Waals surface area contributed by atoms with Crippen LogP contribution in [0, 0.1) is 0 Å². The van der Waals surface area contributed by atoms with E-state index in [2.05, 4.69) is 19.3 Å². The number of aromatic nitrogens is 1. The van der Waals surface area contributed by atoms with Crippen molar-refractivity contribution < 1.29 is 13.2 Å². The molecule has 0 amide bonds. The highest BCUT2D eigenvalue weighted by Crippen LogP contribution is 2.12. The highest BCUT2D eigenvalue weighted by atomic mass is 32.2. The van der Waals surface area contributed by atoms with Gasteiger partial charge in [-0.05, 0) is 6.42 Å². The minimum Gasteiger partial charge on any atom is -0.379 e. The van der Waals surface area contributed by atoms with Crippen molar-refractivity contribution in [2.45, 2.75) is 26.4 Å². The van der Waals surface area contributed by atoms with E-state index in [1.807, 2.05) is 12.3 Å². The minimum absolute atomic E-state index is 0.229. The molecule has 1 aromatic heterocycles. The van der Waals surface area contributed by atoms with Gasteiger partial charge in [-0.3, -0.25) is 4.90 Å². The fourth-order valence-corrected chi connectivity index (χ4v) is 3.65. The van der Waals surface area contributed by atoms with Gasteiger partial charge in [0.2, 0.25) is 0 Å². The number of rotatable bonds is 8. The van der Waals surface area contributed by atoms with Crippen LogP contribution >= 0.6 is 11.3 Å². The fraction of sp³-hybridized carbons (Fsp3) is 0.750. The molecule has 9 heteroatoms. The Morgan fingerprint density at radius 1 is 1.38 bits per heavy atom. The maximum atomic E-state index is 11.6. The van der Waals surface area contributed by atoms with Gasteiger partial charge in [0.1, 0.15) is 5.01 Å². The Kier molecular flexibility index (Phi) is 6.52. The number of nitrogens with one attached hydrogen (secondary N) is 2. The largest absolute Gasteiger partial charge is 0.379 e. The van der Waals surface area contributed by atoms with Crippen molar-refractivity contribution in [2.75, 3.05) is 32.8 Å². The Labute approximate surface area is 129 Å². The Morgan fingerprint density at radius 2 is 2.14 bits per heavy atom. The van der Waals surface area contributed by atoms with E-state index in [1.165, 1.54) is 11.3 Å². The first kappa shape index (κ1) is 16.8. The summed E-state index contributed by atoms with van der Waals surface area (Å²) in [6.07, 6.45) is 0.766. The molecule has 0 atom stereocenters. The van der Waals surface area contributed by atoms with Crippen molar-refractivity contribution >= 4 is 21.5 Å². The molecular formula is C12H22N4O3S2. The summed E-state index contributed by atoms with van der Waals surface area (Å²) < 4.78 is 33.5. The molecule has 1 aliphatic heterocycles. The van der Waals surface area contributed by atoms with Crippen LogP contribution in [0.5, 0.6) is 0 Å². The topological polar surface area (TPSA) is 83.6 Å². The molecule has 7 nitrogen and oxygen atoms in total. The molecule has 0 aliphatic carbocycles. The highest BCUT2D eigenvalue weighted by Gasteiger charge is 2.13. The molecular weight excluding hydrogens is 312 g/mol. The lowest BCUT2D eigenvalue weighted by atomic mass is 10.3. The molecule has 120 valence electrons. The van der Waals surface area contributed by atoms with Crippen LogP contribution in [-0.4, -0.2) is 51.1 Å². The molecule has 2 rings (SSSR count). The van der Waals surface area contributed by atoms with Crippen molar-refractivity contribution in [2.24, 2.45) is 0 Å². The molecule has 2 heterocycles. The van der Waals surface area contributed by atoms with Crippen LogP contribution in [0.4, 0.5) is 0 Å². The maximum absolute atomic E-state index is 11.6. The standard InChI is InChI=1S/C12H22N4O3S2/c1-2-3-13-21(17,18)14-8-12-15-11(10-20-12)9-16-4-6-19-7-5-16/h10,13-14H,2-9H2,1H3. The van der Waals surface area contributed by atoms with Crippen molar-refractivity contribution in [3.63, 3.8) is 0 Å². The molecule has 1 aliphatic rings. The Bertz CT molecular complexity index is 526. The van der Waals surface area contributed by atoms with Crippen LogP contribution < -0.4 is 9.44 Å². The van der Waals surface area contributed by atoms with E-state index in [4.69, 9.17) is 4.74 Å². The molecule has 0 aromatic carbocycles. The second-order valence-electron chi connectivity index (χ2n) is 4.84. The first-order valence-electron chi connectivity index (χ1n) is 7.06. The summed E-state index contributed by atoms with van der Waals surface area (Å²) in [5.74, 6) is 0. The van der Waals surface area contributed by atoms with E-state index >= 15 is 0 Å². The monoisotopic (exact) mass is 334 g/mol. The van der Waals surface area contributed by atoms with E-state index in [1.54, 1.807) is 0 Å². The summed E-state index contributed by atoms with van der Waals surface area (Å²) in [5, 5.41) is 2.76. The van der Waals surface area contributed by atoms with Crippen LogP contribution in [0.15, 0.2) is 5.38 Å². The Morgan fingerprint density at radius 3 is 2.86 bits per heavy atom. The molecule has 1 saturated heterocycles. The lowest BCUT2D eigenvalue weighted by Crippen LogP contribution is -2.36. The fourth-order valence-electron chi connectivity index (χ4n) is 1.94. The minimum atomic E-state index is -3.42. The lowest BCUT2D eigenvalue weighted by Gasteiger charge is -2.25. The third-order valence-corrected chi connectivity index (χ3v) is 5.05. The van der Waals surface area contributed by atoms with Gasteiger partial charge in [0.05, 0.1) is 25.5 Å². The second-order valence-corrected chi connectivity index (χ2v) is 7.37. The van der Waals surface area contributed by atoms with Gasteiger partial charge >= 0.3 is 0 Å². The Hall–Kier alpha value is -0.580. The van der Waals surface area contributed by atoms with Gasteiger partial charge in [0.15, 0.2) is 0 Å². The molecule has 0 spiro atoms. The van der Waals surface area contributed by atoms with Crippen LogP contribution in [0.25, 0.3) is 0 Å². The van der Waals surface area contributed by atoms with Crippen LogP contribution in [0.2, 0.25) is 0 Å². The van der Waals surface area contributed by atoms with E-state index in [9.17, 15) is 8.42 Å². The summed E-state index contributed by atoms with van der Waals surface area (Å²) in [6, 6.07) is 0. The predicted molar refractivity (Wildman–Crippen MR) is 82.3 cm³/mol. The molecule has 2 N–H and O–H groups in total. The summed E-state index contributed by atoms with van der Waals surface area (Å²) in [4.78, 5) is 6.76. The third-order valence-electron chi connectivity index (χ3n) is 3.04. The van der Waals surface area contributed by atoms with E-state index in [0.29, 0.717) is 6.54 Å². The number of thiazole rings is 1. The lowest BCUT2D eigenvalue weighted by molar-refractivity contribution is 0.0337. The smallest absolute Gasteiger partial charge is 0.277 e. The zero-order valence-corrected chi connectivity index (χ0v) is 13.8. The Balaban J connectivity index is 1.79. The third kappa shape index (κ3) is 5.97. The van der Waals surface area contributed by atoms with Crippen molar-refractivity contribution in [3.05, 3.63) is 16.1 Å². The number of nitrogens with zero attached hydrogens (tertiary/aromatic N) is 2. The zero-order chi connectivity index (χ0) is 15.1. The summed E-state index contributed by atoms with van der Waals surface area (Å²) in [7, 11) is -3.42. The normalized spacial score (nSPS) is 17.2. The zero-order valence-electron chi connectivity index (χ0n) is 12.2. The SMILES string of the molecule is CCCNS(=O)(=O)NCc1nc(CN2CCOCC2)cs1. The molecule has 21 heavy (non-hydrogen) atoms. The van der Waals surface area contributed by atoms with Gasteiger partial charge in [-0.1, -0.05) is 6.92 Å². The van der Waals surface area contributed by atoms with Crippen LogP contribution in [-0.2, 0) is 28.0 Å². The number of hydrogen-bond acceptors (Lipinski definition) is 6. The van der Waals surface area contributed by atoms with Crippen molar-refractivity contribution in [3.8, 4) is 0 Å². The number of morpholine rings is 1. The second kappa shape index (κ2) is 8.16. The number of hydrogen-bond donors (Lipinski definition) is 2. The molecule has 0 radical (unpaired) electrons. The maximum Gasteiger partial charge on any atom is 0.277 e. The predicted octanol–water partition coefficient (Wildman–Crippen LogP) is 0.309. The summed E-state index contributed by atoms with van der Waals surface area (Å²) >= 11 is 1.48. The van der Waals surface area contributed by atoms with E-state index < -0.39 is 10.2 Å². The van der Waals surface area contributed by atoms with Gasteiger partial charge in [-0.25, -0.2) is 9.71 Å². The van der Waals surface area contributed by atoms with Crippen LogP contribution in [0.3, 0.4) is 0 Å². The molecule has 0 bridgehead atoms. The van der Waals surface area contributed by atoms with E-state index in [-0.39, 0.29) is 6.54 Å². The summed E-state index contributed by atoms with van der Waals surface area (Å²) in [6.45, 7) is 6.74. The number of ether oxygens (including phenoxy) is 1. The van der Waals surface area contributed by atoms with Gasteiger partial charge < -0.3 is 4.74 Å². The molecule has 1 aromatic rings. The average Bonchev–Trinajstić information content (AvgIpc) is 2.92. The first-order chi connectivity index (χ1) is 10.1. The van der Waals surface area contributed by atoms with Gasteiger partial charge in [-0.2, -0.15) is 13.1 Å². The van der Waals surface area contributed by atoms with Crippen molar-refractivity contribution in [1.82, 2.24) is 19.3 Å². The summed E-state index contributed by atoms with van der Waals surface area (Å²) in [5.41, 5.74) is 0.984. The van der Waals surface area contributed by atoms with Gasteiger partial charge in [0, 0.05) is 31.6 Å². The first-order valence-corrected chi connectivity index (χ1v) is 9.43. The van der Waals surface area contributed by atoms with Gasteiger partial charge in [0.25, 0.3) is 10.2 Å². The van der Waals surface area contributed by atoms with Gasteiger partial charge in [-0.15, -0.1) is 11.3 Å². The molecule has 0 saturated carbocycles. The molecule has 1 fully saturated rings. The van der Waals surface area contributed by atoms with Crippen LogP contribution in [0.1, 0.15) is 24.0 Å². The average molecular weight is 334 g/mol.